The number of phenolic OH excluding ortho intramolecular Hbond substituents is 1. The van der Waals surface area contributed by atoms with Gasteiger partial charge in [0.25, 0.3) is 5.91 Å². The zero-order valence-corrected chi connectivity index (χ0v) is 11.5. The summed E-state index contributed by atoms with van der Waals surface area (Å²) in [6.45, 7) is 0.641. The molecule has 1 aromatic carbocycles. The fraction of sp³-hybridized carbons (Fsp3) is 0.267. The van der Waals surface area contributed by atoms with Crippen LogP contribution in [0.5, 0.6) is 5.75 Å². The van der Waals surface area contributed by atoms with Crippen molar-refractivity contribution < 1.29 is 19.1 Å². The summed E-state index contributed by atoms with van der Waals surface area (Å²) in [4.78, 5) is 13.7. The fourth-order valence-corrected chi connectivity index (χ4v) is 1.87. The minimum absolute atomic E-state index is 0.173. The molecule has 106 valence electrons. The van der Waals surface area contributed by atoms with Gasteiger partial charge in [-0.1, -0.05) is 18.2 Å². The van der Waals surface area contributed by atoms with Crippen molar-refractivity contribution in [3.63, 3.8) is 0 Å². The monoisotopic (exact) mass is 275 g/mol. The van der Waals surface area contributed by atoms with E-state index < -0.39 is 0 Å². The van der Waals surface area contributed by atoms with E-state index in [2.05, 4.69) is 0 Å². The van der Waals surface area contributed by atoms with E-state index in [0.717, 1.165) is 0 Å². The lowest BCUT2D eigenvalue weighted by Crippen LogP contribution is -2.25. The first-order chi connectivity index (χ1) is 9.61. The lowest BCUT2D eigenvalue weighted by Gasteiger charge is -2.16. The van der Waals surface area contributed by atoms with Gasteiger partial charge in [0.15, 0.2) is 5.76 Å². The molecule has 1 N–H and O–H groups in total. The summed E-state index contributed by atoms with van der Waals surface area (Å²) in [6.07, 6.45) is 0. The molecule has 0 spiro atoms. The van der Waals surface area contributed by atoms with Crippen molar-refractivity contribution >= 4 is 5.91 Å². The number of amides is 1. The number of para-hydroxylation sites is 1. The molecular formula is C15H17NO4. The number of hydrogen-bond donors (Lipinski definition) is 1. The third-order valence-electron chi connectivity index (χ3n) is 2.90. The average molecular weight is 275 g/mol. The van der Waals surface area contributed by atoms with Crippen molar-refractivity contribution in [2.75, 3.05) is 14.2 Å². The van der Waals surface area contributed by atoms with Gasteiger partial charge in [-0.15, -0.1) is 0 Å². The van der Waals surface area contributed by atoms with Gasteiger partial charge >= 0.3 is 0 Å². The molecule has 5 heteroatoms. The molecule has 0 fully saturated rings. The van der Waals surface area contributed by atoms with E-state index in [1.807, 2.05) is 6.07 Å². The molecule has 0 bridgehead atoms. The van der Waals surface area contributed by atoms with Gasteiger partial charge in [-0.05, 0) is 18.2 Å². The van der Waals surface area contributed by atoms with Gasteiger partial charge in [-0.2, -0.15) is 0 Å². The Morgan fingerprint density at radius 1 is 1.30 bits per heavy atom. The van der Waals surface area contributed by atoms with Crippen LogP contribution in [0.15, 0.2) is 40.8 Å². The summed E-state index contributed by atoms with van der Waals surface area (Å²) in [7, 11) is 3.22. The Balaban J connectivity index is 2.06. The van der Waals surface area contributed by atoms with Gasteiger partial charge in [0.2, 0.25) is 0 Å². The second-order valence-corrected chi connectivity index (χ2v) is 4.49. The minimum atomic E-state index is -0.240. The number of benzene rings is 1. The van der Waals surface area contributed by atoms with Gasteiger partial charge in [0.05, 0.1) is 0 Å². The van der Waals surface area contributed by atoms with Crippen molar-refractivity contribution in [3.05, 3.63) is 53.5 Å². The number of furan rings is 1. The lowest BCUT2D eigenvalue weighted by molar-refractivity contribution is 0.0745. The van der Waals surface area contributed by atoms with Crippen molar-refractivity contribution in [2.45, 2.75) is 13.2 Å². The maximum atomic E-state index is 12.2. The highest BCUT2D eigenvalue weighted by molar-refractivity contribution is 5.91. The maximum absolute atomic E-state index is 12.2. The van der Waals surface area contributed by atoms with E-state index in [1.54, 1.807) is 44.5 Å². The van der Waals surface area contributed by atoms with Crippen LogP contribution in [0.1, 0.15) is 21.9 Å². The van der Waals surface area contributed by atoms with E-state index in [0.29, 0.717) is 24.5 Å². The Kier molecular flexibility index (Phi) is 4.42. The zero-order valence-electron chi connectivity index (χ0n) is 11.5. The van der Waals surface area contributed by atoms with Crippen LogP contribution in [0.4, 0.5) is 0 Å². The molecule has 2 rings (SSSR count). The van der Waals surface area contributed by atoms with Crippen LogP contribution in [0, 0.1) is 0 Å². The third-order valence-corrected chi connectivity index (χ3v) is 2.90. The normalized spacial score (nSPS) is 10.5. The molecule has 0 atom stereocenters. The molecule has 5 nitrogen and oxygen atoms in total. The Bertz CT molecular complexity index is 591. The van der Waals surface area contributed by atoms with Crippen molar-refractivity contribution in [2.24, 2.45) is 0 Å². The van der Waals surface area contributed by atoms with Crippen molar-refractivity contribution in [1.82, 2.24) is 4.90 Å². The largest absolute Gasteiger partial charge is 0.508 e. The van der Waals surface area contributed by atoms with Crippen LogP contribution in [0.2, 0.25) is 0 Å². The van der Waals surface area contributed by atoms with Crippen LogP contribution >= 0.6 is 0 Å². The quantitative estimate of drug-likeness (QED) is 0.910. The lowest BCUT2D eigenvalue weighted by atomic mass is 10.2. The molecule has 20 heavy (non-hydrogen) atoms. The maximum Gasteiger partial charge on any atom is 0.289 e. The number of carbonyl (C=O) groups excluding carboxylic acids is 1. The number of nitrogens with zero attached hydrogens (tertiary/aromatic N) is 1. The number of rotatable bonds is 5. The summed E-state index contributed by atoms with van der Waals surface area (Å²) < 4.78 is 10.3. The molecule has 0 unspecified atom stereocenters. The molecule has 0 saturated carbocycles. The first-order valence-electron chi connectivity index (χ1n) is 6.22. The number of phenols is 1. The van der Waals surface area contributed by atoms with Gasteiger partial charge in [0, 0.05) is 26.3 Å². The predicted molar refractivity (Wildman–Crippen MR) is 73.3 cm³/mol. The SMILES string of the molecule is COCc1ccc(C(=O)N(C)Cc2ccccc2O)o1. The molecular weight excluding hydrogens is 258 g/mol. The highest BCUT2D eigenvalue weighted by atomic mass is 16.5. The highest BCUT2D eigenvalue weighted by Crippen LogP contribution is 2.18. The van der Waals surface area contributed by atoms with E-state index in [9.17, 15) is 9.90 Å². The molecule has 0 aliphatic carbocycles. The molecule has 0 saturated heterocycles. The predicted octanol–water partition coefficient (Wildman–Crippen LogP) is 2.40. The van der Waals surface area contributed by atoms with Gasteiger partial charge in [0.1, 0.15) is 18.1 Å². The number of hydrogen-bond acceptors (Lipinski definition) is 4. The summed E-state index contributed by atoms with van der Waals surface area (Å²) in [5.41, 5.74) is 0.687. The second-order valence-electron chi connectivity index (χ2n) is 4.49. The summed E-state index contributed by atoms with van der Waals surface area (Å²) in [5.74, 6) is 0.795. The van der Waals surface area contributed by atoms with Crippen LogP contribution in [-0.2, 0) is 17.9 Å². The fourth-order valence-electron chi connectivity index (χ4n) is 1.87. The summed E-state index contributed by atoms with van der Waals surface area (Å²) in [6, 6.07) is 10.3. The molecule has 1 aromatic heterocycles. The van der Waals surface area contributed by atoms with E-state index in [-0.39, 0.29) is 17.4 Å². The molecule has 0 aliphatic rings. The Morgan fingerprint density at radius 2 is 2.05 bits per heavy atom. The molecule has 0 aliphatic heterocycles. The van der Waals surface area contributed by atoms with Gasteiger partial charge in [-0.25, -0.2) is 0 Å². The van der Waals surface area contributed by atoms with E-state index >= 15 is 0 Å². The number of ether oxygens (including phenoxy) is 1. The average Bonchev–Trinajstić information content (AvgIpc) is 2.89. The smallest absolute Gasteiger partial charge is 0.289 e. The first kappa shape index (κ1) is 14.1. The Hall–Kier alpha value is -2.27. The Labute approximate surface area is 117 Å². The number of methoxy groups -OCH3 is 1. The van der Waals surface area contributed by atoms with Gasteiger partial charge < -0.3 is 19.2 Å². The van der Waals surface area contributed by atoms with Crippen LogP contribution in [0.3, 0.4) is 0 Å². The van der Waals surface area contributed by atoms with Crippen molar-refractivity contribution in [1.29, 1.82) is 0 Å². The molecule has 1 heterocycles. The molecule has 0 radical (unpaired) electrons. The van der Waals surface area contributed by atoms with Crippen LogP contribution in [-0.4, -0.2) is 30.1 Å². The van der Waals surface area contributed by atoms with Crippen LogP contribution < -0.4 is 0 Å². The third kappa shape index (κ3) is 3.19. The topological polar surface area (TPSA) is 62.9 Å². The highest BCUT2D eigenvalue weighted by Gasteiger charge is 2.17. The minimum Gasteiger partial charge on any atom is -0.508 e. The molecule has 1 amide bonds. The number of aromatic hydroxyl groups is 1. The second kappa shape index (κ2) is 6.25. The van der Waals surface area contributed by atoms with Gasteiger partial charge in [-0.3, -0.25) is 4.79 Å². The molecule has 2 aromatic rings. The zero-order chi connectivity index (χ0) is 14.5. The summed E-state index contributed by atoms with van der Waals surface area (Å²) >= 11 is 0. The Morgan fingerprint density at radius 3 is 2.75 bits per heavy atom. The number of carbonyl (C=O) groups is 1. The van der Waals surface area contributed by atoms with Crippen LogP contribution in [0.25, 0.3) is 0 Å². The first-order valence-corrected chi connectivity index (χ1v) is 6.22. The van der Waals surface area contributed by atoms with E-state index in [1.165, 1.54) is 4.90 Å². The summed E-state index contributed by atoms with van der Waals surface area (Å²) in [5, 5.41) is 9.71. The van der Waals surface area contributed by atoms with E-state index in [4.69, 9.17) is 9.15 Å². The standard InChI is InChI=1S/C15H17NO4/c1-16(9-11-5-3-4-6-13(11)17)15(18)14-8-7-12(20-14)10-19-2/h3-8,17H,9-10H2,1-2H3. The van der Waals surface area contributed by atoms with Crippen molar-refractivity contribution in [3.8, 4) is 5.75 Å².